The van der Waals surface area contributed by atoms with Crippen molar-refractivity contribution in [1.29, 1.82) is 0 Å². The summed E-state index contributed by atoms with van der Waals surface area (Å²) in [6, 6.07) is 12.1. The van der Waals surface area contributed by atoms with Gasteiger partial charge in [-0.3, -0.25) is 10.1 Å². The minimum Gasteiger partial charge on any atom is -0.444 e. The summed E-state index contributed by atoms with van der Waals surface area (Å²) < 4.78 is 5.22. The Balaban J connectivity index is 1.34. The number of anilines is 1. The molecule has 2 atom stereocenters. The number of carbonyl (C=O) groups excluding carboxylic acids is 2. The largest absolute Gasteiger partial charge is 0.444 e. The van der Waals surface area contributed by atoms with Crippen LogP contribution in [0.3, 0.4) is 0 Å². The van der Waals surface area contributed by atoms with Crippen LogP contribution in [0.2, 0.25) is 10.0 Å². The Morgan fingerprint density at radius 2 is 1.77 bits per heavy atom. The SMILES string of the molecule is O=C(Nc1ccc(C(=O)N2CC[C@H]3CCCC[C@H]3C2)c(Cl)c1)OCc1ccccc1Cl. The van der Waals surface area contributed by atoms with Gasteiger partial charge in [-0.05, 0) is 48.9 Å². The summed E-state index contributed by atoms with van der Waals surface area (Å²) >= 11 is 12.5. The van der Waals surface area contributed by atoms with Crippen LogP contribution in [0, 0.1) is 11.8 Å². The highest BCUT2D eigenvalue weighted by Gasteiger charge is 2.33. The molecule has 1 saturated heterocycles. The zero-order chi connectivity index (χ0) is 21.8. The third kappa shape index (κ3) is 5.34. The molecule has 0 bridgehead atoms. The topological polar surface area (TPSA) is 58.6 Å². The van der Waals surface area contributed by atoms with Gasteiger partial charge in [-0.15, -0.1) is 0 Å². The predicted molar refractivity (Wildman–Crippen MR) is 123 cm³/mol. The molecule has 2 aromatic rings. The molecule has 1 N–H and O–H groups in total. The van der Waals surface area contributed by atoms with Gasteiger partial charge < -0.3 is 9.64 Å². The number of likely N-dealkylation sites (tertiary alicyclic amines) is 1. The molecule has 0 aromatic heterocycles. The predicted octanol–water partition coefficient (Wildman–Crippen LogP) is 6.39. The van der Waals surface area contributed by atoms with Gasteiger partial charge in [0.25, 0.3) is 5.91 Å². The summed E-state index contributed by atoms with van der Waals surface area (Å²) in [5.74, 6) is 1.33. The number of nitrogens with zero attached hydrogens (tertiary/aromatic N) is 1. The van der Waals surface area contributed by atoms with Gasteiger partial charge in [0, 0.05) is 29.4 Å². The monoisotopic (exact) mass is 460 g/mol. The van der Waals surface area contributed by atoms with E-state index in [1.165, 1.54) is 25.7 Å². The molecule has 0 radical (unpaired) electrons. The first kappa shape index (κ1) is 22.0. The molecule has 2 amide bonds. The van der Waals surface area contributed by atoms with Gasteiger partial charge in [-0.25, -0.2) is 4.79 Å². The lowest BCUT2D eigenvalue weighted by Gasteiger charge is -2.41. The molecule has 0 unspecified atom stereocenters. The quantitative estimate of drug-likeness (QED) is 0.574. The smallest absolute Gasteiger partial charge is 0.411 e. The third-order valence-corrected chi connectivity index (χ3v) is 7.02. The molecule has 7 heteroatoms. The zero-order valence-corrected chi connectivity index (χ0v) is 18.8. The van der Waals surface area contributed by atoms with Crippen molar-refractivity contribution in [3.8, 4) is 0 Å². The van der Waals surface area contributed by atoms with E-state index in [9.17, 15) is 9.59 Å². The Hall–Kier alpha value is -2.24. The number of benzene rings is 2. The Morgan fingerprint density at radius 3 is 2.55 bits per heavy atom. The van der Waals surface area contributed by atoms with Crippen molar-refractivity contribution in [2.75, 3.05) is 18.4 Å². The first-order chi connectivity index (χ1) is 15.0. The lowest BCUT2D eigenvalue weighted by atomic mass is 9.75. The van der Waals surface area contributed by atoms with E-state index >= 15 is 0 Å². The van der Waals surface area contributed by atoms with Crippen LogP contribution >= 0.6 is 23.2 Å². The van der Waals surface area contributed by atoms with Crippen molar-refractivity contribution in [3.05, 3.63) is 63.6 Å². The molecule has 31 heavy (non-hydrogen) atoms. The fourth-order valence-corrected chi connectivity index (χ4v) is 5.09. The maximum Gasteiger partial charge on any atom is 0.411 e. The Labute approximate surface area is 192 Å². The van der Waals surface area contributed by atoms with Gasteiger partial charge in [0.2, 0.25) is 0 Å². The Kier molecular flexibility index (Phi) is 7.03. The van der Waals surface area contributed by atoms with Crippen LogP contribution in [-0.2, 0) is 11.3 Å². The van der Waals surface area contributed by atoms with E-state index in [1.54, 1.807) is 30.3 Å². The van der Waals surface area contributed by atoms with E-state index in [0.29, 0.717) is 27.2 Å². The molecule has 2 aromatic carbocycles. The molecule has 1 saturated carbocycles. The molecule has 1 aliphatic heterocycles. The van der Waals surface area contributed by atoms with Crippen LogP contribution in [0.25, 0.3) is 0 Å². The van der Waals surface area contributed by atoms with Gasteiger partial charge in [-0.2, -0.15) is 0 Å². The summed E-state index contributed by atoms with van der Waals surface area (Å²) in [7, 11) is 0. The summed E-state index contributed by atoms with van der Waals surface area (Å²) in [6.07, 6.45) is 5.54. The van der Waals surface area contributed by atoms with Crippen molar-refractivity contribution in [2.24, 2.45) is 11.8 Å². The van der Waals surface area contributed by atoms with Gasteiger partial charge >= 0.3 is 6.09 Å². The number of fused-ring (bicyclic) bond motifs is 1. The van der Waals surface area contributed by atoms with E-state index in [0.717, 1.165) is 31.0 Å². The number of hydrogen-bond acceptors (Lipinski definition) is 3. The molecule has 1 heterocycles. The number of carbonyl (C=O) groups is 2. The van der Waals surface area contributed by atoms with E-state index in [1.807, 2.05) is 17.0 Å². The van der Waals surface area contributed by atoms with Gasteiger partial charge in [-0.1, -0.05) is 60.7 Å². The summed E-state index contributed by atoms with van der Waals surface area (Å²) in [5.41, 5.74) is 1.66. The first-order valence-electron chi connectivity index (χ1n) is 10.8. The van der Waals surface area contributed by atoms with E-state index in [-0.39, 0.29) is 12.5 Å². The maximum atomic E-state index is 13.0. The van der Waals surface area contributed by atoms with E-state index in [2.05, 4.69) is 5.32 Å². The number of rotatable bonds is 4. The summed E-state index contributed by atoms with van der Waals surface area (Å²) in [6.45, 7) is 1.66. The number of amides is 2. The normalized spacial score (nSPS) is 20.6. The molecule has 2 aliphatic rings. The highest BCUT2D eigenvalue weighted by Crippen LogP contribution is 2.37. The molecule has 2 fully saturated rings. The fraction of sp³-hybridized carbons (Fsp3) is 0.417. The number of hydrogen-bond donors (Lipinski definition) is 1. The standard InChI is InChI=1S/C24H26Cl2N2O3/c25-21-8-4-3-7-18(21)15-31-24(30)27-19-9-10-20(22(26)13-19)23(29)28-12-11-16-5-1-2-6-17(16)14-28/h3-4,7-10,13,16-17H,1-2,5-6,11-12,14-15H2,(H,27,30)/t16-,17+/m1/s1. The number of piperidine rings is 1. The minimum absolute atomic E-state index is 0.0399. The van der Waals surface area contributed by atoms with Crippen molar-refractivity contribution in [2.45, 2.75) is 38.7 Å². The molecular weight excluding hydrogens is 435 g/mol. The number of halogens is 2. The summed E-state index contributed by atoms with van der Waals surface area (Å²) in [4.78, 5) is 27.1. The lowest BCUT2D eigenvalue weighted by molar-refractivity contribution is 0.0521. The number of ether oxygens (including phenoxy) is 1. The average Bonchev–Trinajstić information content (AvgIpc) is 2.78. The van der Waals surface area contributed by atoms with Gasteiger partial charge in [0.15, 0.2) is 0 Å². The lowest BCUT2D eigenvalue weighted by Crippen LogP contribution is -2.44. The molecule has 164 valence electrons. The third-order valence-electron chi connectivity index (χ3n) is 6.34. The Bertz CT molecular complexity index is 966. The van der Waals surface area contributed by atoms with Gasteiger partial charge in [0.05, 0.1) is 10.6 Å². The van der Waals surface area contributed by atoms with Crippen molar-refractivity contribution < 1.29 is 14.3 Å². The van der Waals surface area contributed by atoms with Crippen LogP contribution in [0.1, 0.15) is 48.0 Å². The van der Waals surface area contributed by atoms with Crippen molar-refractivity contribution in [1.82, 2.24) is 4.90 Å². The second kappa shape index (κ2) is 9.92. The fourth-order valence-electron chi connectivity index (χ4n) is 4.63. The van der Waals surface area contributed by atoms with Crippen LogP contribution in [-0.4, -0.2) is 30.0 Å². The summed E-state index contributed by atoms with van der Waals surface area (Å²) in [5, 5.41) is 3.50. The molecule has 0 spiro atoms. The van der Waals surface area contributed by atoms with E-state index < -0.39 is 6.09 Å². The second-order valence-corrected chi connectivity index (χ2v) is 9.15. The highest BCUT2D eigenvalue weighted by atomic mass is 35.5. The van der Waals surface area contributed by atoms with Crippen LogP contribution < -0.4 is 5.32 Å². The maximum absolute atomic E-state index is 13.0. The first-order valence-corrected chi connectivity index (χ1v) is 11.5. The minimum atomic E-state index is -0.616. The Morgan fingerprint density at radius 1 is 1.00 bits per heavy atom. The van der Waals surface area contributed by atoms with Crippen molar-refractivity contribution in [3.63, 3.8) is 0 Å². The van der Waals surface area contributed by atoms with Crippen molar-refractivity contribution >= 4 is 40.9 Å². The van der Waals surface area contributed by atoms with Crippen LogP contribution in [0.15, 0.2) is 42.5 Å². The average molecular weight is 461 g/mol. The highest BCUT2D eigenvalue weighted by molar-refractivity contribution is 6.34. The second-order valence-electron chi connectivity index (χ2n) is 8.33. The zero-order valence-electron chi connectivity index (χ0n) is 17.3. The molecule has 1 aliphatic carbocycles. The van der Waals surface area contributed by atoms with Gasteiger partial charge in [0.1, 0.15) is 6.61 Å². The molecule has 5 nitrogen and oxygen atoms in total. The number of nitrogens with one attached hydrogen (secondary N) is 1. The van der Waals surface area contributed by atoms with E-state index in [4.69, 9.17) is 27.9 Å². The van der Waals surface area contributed by atoms with Crippen LogP contribution in [0.4, 0.5) is 10.5 Å². The van der Waals surface area contributed by atoms with Crippen LogP contribution in [0.5, 0.6) is 0 Å². The molecule has 4 rings (SSSR count). The molecular formula is C24H26Cl2N2O3.